The molecule has 0 aliphatic heterocycles. The Balaban J connectivity index is 2.26. The van der Waals surface area contributed by atoms with Crippen molar-refractivity contribution in [2.24, 2.45) is 0 Å². The summed E-state index contributed by atoms with van der Waals surface area (Å²) in [5.74, 6) is -0.225. The van der Waals surface area contributed by atoms with Gasteiger partial charge in [-0.05, 0) is 38.8 Å². The number of hydrogen-bond acceptors (Lipinski definition) is 2. The SMILES string of the molecule is CNC(C1=CCCCCC1)c1ccncc1F. The molecule has 0 spiro atoms. The summed E-state index contributed by atoms with van der Waals surface area (Å²) in [5, 5.41) is 3.22. The summed E-state index contributed by atoms with van der Waals surface area (Å²) in [7, 11) is 1.89. The molecular weight excluding hydrogens is 215 g/mol. The molecule has 0 bridgehead atoms. The highest BCUT2D eigenvalue weighted by Crippen LogP contribution is 2.29. The minimum atomic E-state index is -0.225. The lowest BCUT2D eigenvalue weighted by molar-refractivity contribution is 0.556. The molecule has 0 saturated heterocycles. The van der Waals surface area contributed by atoms with E-state index in [-0.39, 0.29) is 11.9 Å². The van der Waals surface area contributed by atoms with E-state index in [2.05, 4.69) is 16.4 Å². The lowest BCUT2D eigenvalue weighted by Gasteiger charge is -2.20. The smallest absolute Gasteiger partial charge is 0.146 e. The van der Waals surface area contributed by atoms with Gasteiger partial charge in [-0.25, -0.2) is 4.39 Å². The van der Waals surface area contributed by atoms with Gasteiger partial charge in [0, 0.05) is 11.8 Å². The van der Waals surface area contributed by atoms with Crippen molar-refractivity contribution in [2.45, 2.75) is 38.1 Å². The molecule has 1 atom stereocenters. The maximum Gasteiger partial charge on any atom is 0.146 e. The molecule has 1 aliphatic rings. The largest absolute Gasteiger partial charge is 0.310 e. The zero-order chi connectivity index (χ0) is 12.1. The van der Waals surface area contributed by atoms with E-state index in [1.54, 1.807) is 12.3 Å². The van der Waals surface area contributed by atoms with E-state index in [0.717, 1.165) is 12.8 Å². The second-order valence-corrected chi connectivity index (χ2v) is 4.50. The lowest BCUT2D eigenvalue weighted by Crippen LogP contribution is -2.20. The molecule has 0 radical (unpaired) electrons. The molecule has 1 aromatic heterocycles. The topological polar surface area (TPSA) is 24.9 Å². The van der Waals surface area contributed by atoms with Gasteiger partial charge in [-0.1, -0.05) is 18.1 Å². The van der Waals surface area contributed by atoms with E-state index in [9.17, 15) is 4.39 Å². The van der Waals surface area contributed by atoms with Crippen LogP contribution in [0.25, 0.3) is 0 Å². The molecule has 0 aromatic carbocycles. The van der Waals surface area contributed by atoms with E-state index < -0.39 is 0 Å². The van der Waals surface area contributed by atoms with E-state index in [0.29, 0.717) is 5.56 Å². The van der Waals surface area contributed by atoms with Crippen LogP contribution in [0.1, 0.15) is 43.7 Å². The molecule has 0 saturated carbocycles. The van der Waals surface area contributed by atoms with Gasteiger partial charge in [0.05, 0.1) is 12.2 Å². The minimum Gasteiger partial charge on any atom is -0.310 e. The predicted molar refractivity (Wildman–Crippen MR) is 67.2 cm³/mol. The van der Waals surface area contributed by atoms with Crippen molar-refractivity contribution in [1.29, 1.82) is 0 Å². The van der Waals surface area contributed by atoms with Gasteiger partial charge in [0.25, 0.3) is 0 Å². The first-order chi connectivity index (χ1) is 8.33. The van der Waals surface area contributed by atoms with Crippen molar-refractivity contribution in [3.05, 3.63) is 41.5 Å². The molecule has 92 valence electrons. The maximum atomic E-state index is 13.8. The summed E-state index contributed by atoms with van der Waals surface area (Å²) < 4.78 is 13.8. The Kier molecular flexibility index (Phi) is 4.26. The molecule has 1 heterocycles. The van der Waals surface area contributed by atoms with Gasteiger partial charge < -0.3 is 5.32 Å². The fourth-order valence-electron chi connectivity index (χ4n) is 2.46. The minimum absolute atomic E-state index is 0.00361. The third kappa shape index (κ3) is 2.91. The average Bonchev–Trinajstić information content (AvgIpc) is 2.62. The van der Waals surface area contributed by atoms with E-state index in [1.807, 2.05) is 7.05 Å². The molecule has 1 aliphatic carbocycles. The first kappa shape index (κ1) is 12.2. The second-order valence-electron chi connectivity index (χ2n) is 4.50. The highest BCUT2D eigenvalue weighted by atomic mass is 19.1. The number of nitrogens with zero attached hydrogens (tertiary/aromatic N) is 1. The zero-order valence-corrected chi connectivity index (χ0v) is 10.2. The zero-order valence-electron chi connectivity index (χ0n) is 10.2. The lowest BCUT2D eigenvalue weighted by atomic mass is 9.95. The van der Waals surface area contributed by atoms with Gasteiger partial charge in [0.15, 0.2) is 0 Å². The monoisotopic (exact) mass is 234 g/mol. The third-order valence-electron chi connectivity index (χ3n) is 3.35. The van der Waals surface area contributed by atoms with Crippen LogP contribution in [0.15, 0.2) is 30.1 Å². The Bertz CT molecular complexity index is 401. The molecule has 3 heteroatoms. The fraction of sp³-hybridized carbons (Fsp3) is 0.500. The molecule has 0 amide bonds. The van der Waals surface area contributed by atoms with Crippen molar-refractivity contribution in [3.8, 4) is 0 Å². The molecule has 1 N–H and O–H groups in total. The predicted octanol–water partition coefficient (Wildman–Crippen LogP) is 3.37. The standard InChI is InChI=1S/C14H19FN2/c1-16-14(11-6-4-2-3-5-7-11)12-8-9-17-10-13(12)15/h6,8-10,14,16H,2-5,7H2,1H3. The molecule has 1 unspecified atom stereocenters. The molecule has 0 fully saturated rings. The van der Waals surface area contributed by atoms with Crippen molar-refractivity contribution in [3.63, 3.8) is 0 Å². The van der Waals surface area contributed by atoms with Crippen LogP contribution in [0, 0.1) is 5.82 Å². The molecular formula is C14H19FN2. The van der Waals surface area contributed by atoms with Crippen molar-refractivity contribution in [1.82, 2.24) is 10.3 Å². The van der Waals surface area contributed by atoms with E-state index in [4.69, 9.17) is 0 Å². The number of allylic oxidation sites excluding steroid dienone is 1. The summed E-state index contributed by atoms with van der Waals surface area (Å²) in [6.45, 7) is 0. The fourth-order valence-corrected chi connectivity index (χ4v) is 2.46. The first-order valence-corrected chi connectivity index (χ1v) is 6.28. The van der Waals surface area contributed by atoms with Crippen LogP contribution >= 0.6 is 0 Å². The highest BCUT2D eigenvalue weighted by molar-refractivity contribution is 5.28. The number of aromatic nitrogens is 1. The summed E-state index contributed by atoms with van der Waals surface area (Å²) in [6, 6.07) is 1.76. The van der Waals surface area contributed by atoms with Crippen LogP contribution in [0.5, 0.6) is 0 Å². The van der Waals surface area contributed by atoms with Gasteiger partial charge in [0.2, 0.25) is 0 Å². The summed E-state index contributed by atoms with van der Waals surface area (Å²) in [6.07, 6.45) is 11.1. The van der Waals surface area contributed by atoms with E-state index in [1.165, 1.54) is 31.0 Å². The highest BCUT2D eigenvalue weighted by Gasteiger charge is 2.18. The van der Waals surface area contributed by atoms with Crippen LogP contribution in [0.2, 0.25) is 0 Å². The van der Waals surface area contributed by atoms with Crippen LogP contribution in [-0.4, -0.2) is 12.0 Å². The Hall–Kier alpha value is -1.22. The quantitative estimate of drug-likeness (QED) is 0.811. The molecule has 17 heavy (non-hydrogen) atoms. The molecule has 1 aromatic rings. The second kappa shape index (κ2) is 5.92. The van der Waals surface area contributed by atoms with Crippen LogP contribution in [0.4, 0.5) is 4.39 Å². The Morgan fingerprint density at radius 1 is 1.35 bits per heavy atom. The van der Waals surface area contributed by atoms with Gasteiger partial charge >= 0.3 is 0 Å². The number of halogens is 1. The number of likely N-dealkylation sites (N-methyl/N-ethyl adjacent to an activating group) is 1. The number of pyridine rings is 1. The summed E-state index contributed by atoms with van der Waals surface area (Å²) in [5.41, 5.74) is 2.02. The Labute approximate surface area is 102 Å². The van der Waals surface area contributed by atoms with Gasteiger partial charge in [-0.15, -0.1) is 0 Å². The van der Waals surface area contributed by atoms with Gasteiger partial charge in [-0.3, -0.25) is 4.98 Å². The van der Waals surface area contributed by atoms with Crippen LogP contribution < -0.4 is 5.32 Å². The van der Waals surface area contributed by atoms with Crippen LogP contribution in [0.3, 0.4) is 0 Å². The Morgan fingerprint density at radius 3 is 3.00 bits per heavy atom. The first-order valence-electron chi connectivity index (χ1n) is 6.28. The van der Waals surface area contributed by atoms with Crippen LogP contribution in [-0.2, 0) is 0 Å². The van der Waals surface area contributed by atoms with Gasteiger partial charge in [-0.2, -0.15) is 0 Å². The molecule has 2 nitrogen and oxygen atoms in total. The van der Waals surface area contributed by atoms with Crippen molar-refractivity contribution >= 4 is 0 Å². The number of nitrogens with one attached hydrogen (secondary N) is 1. The number of hydrogen-bond donors (Lipinski definition) is 1. The molecule has 2 rings (SSSR count). The summed E-state index contributed by atoms with van der Waals surface area (Å²) in [4.78, 5) is 3.80. The number of rotatable bonds is 3. The normalized spacial score (nSPS) is 18.4. The van der Waals surface area contributed by atoms with E-state index >= 15 is 0 Å². The summed E-state index contributed by atoms with van der Waals surface area (Å²) >= 11 is 0. The Morgan fingerprint density at radius 2 is 2.24 bits per heavy atom. The van der Waals surface area contributed by atoms with Crippen molar-refractivity contribution in [2.75, 3.05) is 7.05 Å². The maximum absolute atomic E-state index is 13.8. The average molecular weight is 234 g/mol. The van der Waals surface area contributed by atoms with Gasteiger partial charge in [0.1, 0.15) is 5.82 Å². The third-order valence-corrected chi connectivity index (χ3v) is 3.35. The van der Waals surface area contributed by atoms with Crippen molar-refractivity contribution < 1.29 is 4.39 Å².